The number of anilines is 2. The highest BCUT2D eigenvalue weighted by molar-refractivity contribution is 6.34. The fourth-order valence-electron chi connectivity index (χ4n) is 2.78. The van der Waals surface area contributed by atoms with Crippen molar-refractivity contribution in [2.24, 2.45) is 0 Å². The van der Waals surface area contributed by atoms with Crippen molar-refractivity contribution < 1.29 is 9.59 Å². The van der Waals surface area contributed by atoms with Gasteiger partial charge in [0.05, 0.1) is 10.7 Å². The molecule has 0 bridgehead atoms. The number of hydrogen-bond acceptors (Lipinski definition) is 3. The summed E-state index contributed by atoms with van der Waals surface area (Å²) in [4.78, 5) is 30.6. The van der Waals surface area contributed by atoms with Crippen LogP contribution in [0.2, 0.25) is 5.02 Å². The van der Waals surface area contributed by atoms with E-state index in [1.807, 2.05) is 37.3 Å². The maximum atomic E-state index is 12.6. The van der Waals surface area contributed by atoms with Crippen LogP contribution in [0.25, 0.3) is 0 Å². The van der Waals surface area contributed by atoms with Gasteiger partial charge in [0.25, 0.3) is 5.91 Å². The molecular formula is C22H21ClN4O2. The molecule has 0 aliphatic carbocycles. The molecule has 29 heavy (non-hydrogen) atoms. The Hall–Kier alpha value is -3.38. The van der Waals surface area contributed by atoms with Gasteiger partial charge < -0.3 is 15.5 Å². The van der Waals surface area contributed by atoms with Crippen molar-refractivity contribution in [2.75, 3.05) is 17.7 Å². The van der Waals surface area contributed by atoms with Crippen LogP contribution in [-0.4, -0.2) is 28.9 Å². The number of carbonyl (C=O) groups excluding carboxylic acids is 2. The van der Waals surface area contributed by atoms with Gasteiger partial charge in [-0.3, -0.25) is 9.78 Å². The highest BCUT2D eigenvalue weighted by Crippen LogP contribution is 2.27. The van der Waals surface area contributed by atoms with Gasteiger partial charge >= 0.3 is 6.03 Å². The zero-order valence-electron chi connectivity index (χ0n) is 16.1. The number of nitrogens with zero attached hydrogens (tertiary/aromatic N) is 2. The van der Waals surface area contributed by atoms with Crippen LogP contribution in [0.5, 0.6) is 0 Å². The normalized spacial score (nSPS) is 10.3. The van der Waals surface area contributed by atoms with E-state index in [4.69, 9.17) is 11.6 Å². The largest absolute Gasteiger partial charge is 0.323 e. The standard InChI is InChI=1S/C22H21ClN4O2/c1-15-7-5-9-17(13-15)25-22(29)27(2)14-16-8-6-10-18(23)20(16)26-21(28)19-11-3-4-12-24-19/h3-13H,14H2,1-2H3,(H,25,29)(H,26,28). The van der Waals surface area contributed by atoms with Gasteiger partial charge in [0.15, 0.2) is 0 Å². The fourth-order valence-corrected chi connectivity index (χ4v) is 3.03. The topological polar surface area (TPSA) is 74.3 Å². The lowest BCUT2D eigenvalue weighted by Gasteiger charge is -2.21. The maximum absolute atomic E-state index is 12.6. The number of amides is 3. The predicted molar refractivity (Wildman–Crippen MR) is 115 cm³/mol. The summed E-state index contributed by atoms with van der Waals surface area (Å²) in [7, 11) is 1.68. The number of pyridine rings is 1. The molecule has 6 nitrogen and oxygen atoms in total. The Bertz CT molecular complexity index is 1020. The Morgan fingerprint density at radius 1 is 1.03 bits per heavy atom. The lowest BCUT2D eigenvalue weighted by molar-refractivity contribution is 0.102. The molecule has 0 spiro atoms. The average Bonchev–Trinajstić information content (AvgIpc) is 2.71. The summed E-state index contributed by atoms with van der Waals surface area (Å²) in [5.74, 6) is -0.369. The van der Waals surface area contributed by atoms with E-state index in [1.165, 1.54) is 4.90 Å². The first-order valence-electron chi connectivity index (χ1n) is 9.02. The summed E-state index contributed by atoms with van der Waals surface area (Å²) >= 11 is 6.32. The number of nitrogens with one attached hydrogen (secondary N) is 2. The Morgan fingerprint density at radius 2 is 1.83 bits per heavy atom. The van der Waals surface area contributed by atoms with E-state index in [9.17, 15) is 9.59 Å². The minimum atomic E-state index is -0.369. The third-order valence-electron chi connectivity index (χ3n) is 4.26. The van der Waals surface area contributed by atoms with E-state index >= 15 is 0 Å². The Kier molecular flexibility index (Phi) is 6.46. The summed E-state index contributed by atoms with van der Waals surface area (Å²) < 4.78 is 0. The molecule has 0 radical (unpaired) electrons. The maximum Gasteiger partial charge on any atom is 0.321 e. The number of aromatic nitrogens is 1. The van der Waals surface area contributed by atoms with Crippen molar-refractivity contribution >= 4 is 34.9 Å². The van der Waals surface area contributed by atoms with E-state index in [1.54, 1.807) is 43.6 Å². The number of rotatable bonds is 5. The summed E-state index contributed by atoms with van der Waals surface area (Å²) in [6.07, 6.45) is 1.55. The number of aryl methyl sites for hydroxylation is 1. The van der Waals surface area contributed by atoms with Crippen LogP contribution in [0.3, 0.4) is 0 Å². The Balaban J connectivity index is 1.74. The monoisotopic (exact) mass is 408 g/mol. The zero-order valence-corrected chi connectivity index (χ0v) is 16.9. The molecule has 0 saturated carbocycles. The van der Waals surface area contributed by atoms with Crippen molar-refractivity contribution in [3.05, 3.63) is 88.7 Å². The molecule has 7 heteroatoms. The van der Waals surface area contributed by atoms with Crippen LogP contribution in [0.4, 0.5) is 16.2 Å². The van der Waals surface area contributed by atoms with Gasteiger partial charge in [0, 0.05) is 25.5 Å². The van der Waals surface area contributed by atoms with Crippen LogP contribution in [-0.2, 0) is 6.54 Å². The first-order valence-corrected chi connectivity index (χ1v) is 9.40. The van der Waals surface area contributed by atoms with Crippen LogP contribution < -0.4 is 10.6 Å². The van der Waals surface area contributed by atoms with Gasteiger partial charge in [-0.25, -0.2) is 4.79 Å². The van der Waals surface area contributed by atoms with Crippen molar-refractivity contribution in [1.82, 2.24) is 9.88 Å². The highest BCUT2D eigenvalue weighted by atomic mass is 35.5. The van der Waals surface area contributed by atoms with Crippen LogP contribution in [0.1, 0.15) is 21.6 Å². The molecule has 0 aliphatic rings. The van der Waals surface area contributed by atoms with E-state index in [2.05, 4.69) is 15.6 Å². The van der Waals surface area contributed by atoms with E-state index < -0.39 is 0 Å². The summed E-state index contributed by atoms with van der Waals surface area (Å²) in [6.45, 7) is 2.22. The molecule has 0 fully saturated rings. The number of benzene rings is 2. The second kappa shape index (κ2) is 9.21. The van der Waals surface area contributed by atoms with Gasteiger partial charge in [0.1, 0.15) is 5.69 Å². The summed E-state index contributed by atoms with van der Waals surface area (Å²) in [5, 5.41) is 6.05. The zero-order chi connectivity index (χ0) is 20.8. The molecule has 3 amide bonds. The first-order chi connectivity index (χ1) is 13.9. The number of hydrogen-bond donors (Lipinski definition) is 2. The van der Waals surface area contributed by atoms with Gasteiger partial charge in [0.2, 0.25) is 0 Å². The van der Waals surface area contributed by atoms with E-state index in [-0.39, 0.29) is 24.2 Å². The first kappa shape index (κ1) is 20.4. The number of halogens is 1. The van der Waals surface area contributed by atoms with Crippen LogP contribution in [0.15, 0.2) is 66.9 Å². The number of urea groups is 1. The predicted octanol–water partition coefficient (Wildman–Crippen LogP) is 4.96. The third-order valence-corrected chi connectivity index (χ3v) is 4.57. The Morgan fingerprint density at radius 3 is 2.55 bits per heavy atom. The average molecular weight is 409 g/mol. The fraction of sp³-hybridized carbons (Fsp3) is 0.136. The molecule has 0 atom stereocenters. The quantitative estimate of drug-likeness (QED) is 0.626. The SMILES string of the molecule is Cc1cccc(NC(=O)N(C)Cc2cccc(Cl)c2NC(=O)c2ccccn2)c1. The van der Waals surface area contributed by atoms with E-state index in [0.717, 1.165) is 11.3 Å². The van der Waals surface area contributed by atoms with Crippen molar-refractivity contribution in [3.63, 3.8) is 0 Å². The molecule has 2 aromatic carbocycles. The molecule has 0 unspecified atom stereocenters. The molecule has 3 aromatic rings. The lowest BCUT2D eigenvalue weighted by Crippen LogP contribution is -2.31. The molecule has 0 saturated heterocycles. The summed E-state index contributed by atoms with van der Waals surface area (Å²) in [5.41, 5.74) is 3.23. The summed E-state index contributed by atoms with van der Waals surface area (Å²) in [6, 6.07) is 17.7. The second-order valence-corrected chi connectivity index (χ2v) is 7.01. The molecule has 3 rings (SSSR count). The molecule has 148 valence electrons. The minimum Gasteiger partial charge on any atom is -0.323 e. The second-order valence-electron chi connectivity index (χ2n) is 6.60. The highest BCUT2D eigenvalue weighted by Gasteiger charge is 2.16. The molecule has 1 aromatic heterocycles. The third kappa shape index (κ3) is 5.33. The van der Waals surface area contributed by atoms with Crippen molar-refractivity contribution in [1.29, 1.82) is 0 Å². The van der Waals surface area contributed by atoms with Gasteiger partial charge in [-0.05, 0) is 48.4 Å². The lowest BCUT2D eigenvalue weighted by atomic mass is 10.1. The molecule has 2 N–H and O–H groups in total. The number of carbonyl (C=O) groups is 2. The Labute approximate surface area is 174 Å². The molecule has 1 heterocycles. The van der Waals surface area contributed by atoms with Gasteiger partial charge in [-0.1, -0.05) is 41.9 Å². The smallest absolute Gasteiger partial charge is 0.321 e. The van der Waals surface area contributed by atoms with Crippen LogP contribution in [0, 0.1) is 6.92 Å². The van der Waals surface area contributed by atoms with Crippen LogP contribution >= 0.6 is 11.6 Å². The van der Waals surface area contributed by atoms with Crippen molar-refractivity contribution in [3.8, 4) is 0 Å². The van der Waals surface area contributed by atoms with Gasteiger partial charge in [-0.2, -0.15) is 0 Å². The molecule has 0 aliphatic heterocycles. The number of para-hydroxylation sites is 1. The van der Waals surface area contributed by atoms with E-state index in [0.29, 0.717) is 16.3 Å². The van der Waals surface area contributed by atoms with Crippen molar-refractivity contribution in [2.45, 2.75) is 13.5 Å². The molecular weight excluding hydrogens is 388 g/mol. The van der Waals surface area contributed by atoms with Gasteiger partial charge in [-0.15, -0.1) is 0 Å². The minimum absolute atomic E-state index is 0.260.